The number of hydrogen-bond acceptors (Lipinski definition) is 7. The molecule has 3 heterocycles. The highest BCUT2D eigenvalue weighted by atomic mass is 32.1. The predicted octanol–water partition coefficient (Wildman–Crippen LogP) is 6.95. The first-order chi connectivity index (χ1) is 17.3. The first-order valence-corrected chi connectivity index (χ1v) is 13.2. The lowest BCUT2D eigenvalue weighted by Crippen LogP contribution is -2.00. The van der Waals surface area contributed by atoms with E-state index in [0.29, 0.717) is 12.8 Å². The molecule has 4 aromatic rings. The standard InChI is InChI=1S/C11H10N4S.C11H11NOS.C4H8O/c12-15-14-10(11-13-6-7-16-11)8-9-4-2-1-3-5-9;13-10(11-12-6-7-14-11)8-9-4-2-1-3-5-9;1-2-4-5-3-1/h1-7,10H,8H2;1-7,10,13H,8H2;1-4H2/t2*10-;/m01./s1. The molecular weight excluding hydrogens is 478 g/mol. The number of ether oxygens (including phenoxy) is 1. The largest absolute Gasteiger partial charge is 0.386 e. The Morgan fingerprint density at radius 1 is 0.857 bits per heavy atom. The number of azide groups is 1. The number of aromatic nitrogens is 2. The van der Waals surface area contributed by atoms with Gasteiger partial charge < -0.3 is 9.84 Å². The molecule has 1 N–H and O–H groups in total. The van der Waals surface area contributed by atoms with E-state index in [1.807, 2.05) is 71.4 Å². The normalized spacial score (nSPS) is 13.9. The molecule has 1 fully saturated rings. The van der Waals surface area contributed by atoms with Crippen molar-refractivity contribution in [1.82, 2.24) is 9.97 Å². The first-order valence-electron chi connectivity index (χ1n) is 11.4. The molecule has 35 heavy (non-hydrogen) atoms. The zero-order chi connectivity index (χ0) is 24.6. The summed E-state index contributed by atoms with van der Waals surface area (Å²) in [5, 5.41) is 19.0. The number of benzene rings is 2. The highest BCUT2D eigenvalue weighted by Gasteiger charge is 2.12. The molecule has 0 spiro atoms. The molecule has 1 saturated heterocycles. The lowest BCUT2D eigenvalue weighted by molar-refractivity contribution is 0.178. The summed E-state index contributed by atoms with van der Waals surface area (Å²) < 4.78 is 4.94. The Bertz CT molecular complexity index is 1090. The Morgan fingerprint density at radius 2 is 1.40 bits per heavy atom. The zero-order valence-corrected chi connectivity index (χ0v) is 21.0. The summed E-state index contributed by atoms with van der Waals surface area (Å²) in [5.41, 5.74) is 10.8. The predicted molar refractivity (Wildman–Crippen MR) is 141 cm³/mol. The van der Waals surface area contributed by atoms with Crippen LogP contribution in [-0.4, -0.2) is 28.3 Å². The minimum Gasteiger partial charge on any atom is -0.386 e. The van der Waals surface area contributed by atoms with Gasteiger partial charge in [-0.05, 0) is 35.9 Å². The van der Waals surface area contributed by atoms with Crippen LogP contribution in [0.2, 0.25) is 0 Å². The maximum atomic E-state index is 9.81. The quantitative estimate of drug-likeness (QED) is 0.166. The Labute approximate surface area is 213 Å². The second-order valence-electron chi connectivity index (χ2n) is 7.68. The average Bonchev–Trinajstić information content (AvgIpc) is 3.70. The molecule has 1 aliphatic rings. The SMILES string of the molecule is C1CCOC1.O[C@H](Cc1ccccc1)c1nccs1.[N-]=[N+]=N[C@@H](Cc1ccccc1)c1nccs1. The Balaban J connectivity index is 0.000000164. The Morgan fingerprint density at radius 3 is 1.86 bits per heavy atom. The van der Waals surface area contributed by atoms with Crippen LogP contribution in [0.15, 0.2) is 88.9 Å². The van der Waals surface area contributed by atoms with Crippen molar-refractivity contribution in [3.8, 4) is 0 Å². The van der Waals surface area contributed by atoms with Crippen LogP contribution in [0.4, 0.5) is 0 Å². The summed E-state index contributed by atoms with van der Waals surface area (Å²) >= 11 is 3.00. The monoisotopic (exact) mass is 507 g/mol. The number of thiazole rings is 2. The van der Waals surface area contributed by atoms with Gasteiger partial charge in [0.1, 0.15) is 16.1 Å². The molecule has 9 heteroatoms. The lowest BCUT2D eigenvalue weighted by atomic mass is 10.1. The van der Waals surface area contributed by atoms with Crippen LogP contribution in [0.1, 0.15) is 46.1 Å². The Kier molecular flexibility index (Phi) is 11.9. The topological polar surface area (TPSA) is 104 Å². The molecule has 0 saturated carbocycles. The van der Waals surface area contributed by atoms with Crippen LogP contribution in [0, 0.1) is 0 Å². The van der Waals surface area contributed by atoms with Crippen molar-refractivity contribution in [3.05, 3.63) is 115 Å². The summed E-state index contributed by atoms with van der Waals surface area (Å²) in [4.78, 5) is 11.1. The molecule has 2 aromatic heterocycles. The van der Waals surface area contributed by atoms with Crippen LogP contribution in [-0.2, 0) is 17.6 Å². The molecule has 0 unspecified atom stereocenters. The van der Waals surface area contributed by atoms with Crippen LogP contribution in [0.3, 0.4) is 0 Å². The molecule has 182 valence electrons. The smallest absolute Gasteiger partial charge is 0.121 e. The number of aliphatic hydroxyl groups excluding tert-OH is 1. The van der Waals surface area contributed by atoms with Gasteiger partial charge in [0, 0.05) is 47.7 Å². The van der Waals surface area contributed by atoms with E-state index in [-0.39, 0.29) is 6.04 Å². The first kappa shape index (κ1) is 26.5. The zero-order valence-electron chi connectivity index (χ0n) is 19.4. The van der Waals surface area contributed by atoms with Gasteiger partial charge in [-0.15, -0.1) is 22.7 Å². The maximum Gasteiger partial charge on any atom is 0.121 e. The molecule has 2 aromatic carbocycles. The van der Waals surface area contributed by atoms with E-state index in [2.05, 4.69) is 20.0 Å². The van der Waals surface area contributed by atoms with Gasteiger partial charge in [-0.3, -0.25) is 0 Å². The fourth-order valence-corrected chi connectivity index (χ4v) is 4.60. The van der Waals surface area contributed by atoms with Crippen molar-refractivity contribution >= 4 is 22.7 Å². The summed E-state index contributed by atoms with van der Waals surface area (Å²) in [5.74, 6) is 0. The van der Waals surface area contributed by atoms with Crippen molar-refractivity contribution in [3.63, 3.8) is 0 Å². The van der Waals surface area contributed by atoms with E-state index < -0.39 is 6.10 Å². The third kappa shape index (κ3) is 9.98. The van der Waals surface area contributed by atoms with Gasteiger partial charge >= 0.3 is 0 Å². The molecule has 1 aliphatic heterocycles. The molecule has 0 bridgehead atoms. The van der Waals surface area contributed by atoms with E-state index in [1.165, 1.54) is 35.5 Å². The second kappa shape index (κ2) is 15.8. The third-order valence-electron chi connectivity index (χ3n) is 5.04. The molecule has 0 radical (unpaired) electrons. The van der Waals surface area contributed by atoms with Gasteiger partial charge in [0.05, 0.1) is 6.04 Å². The van der Waals surface area contributed by atoms with Crippen molar-refractivity contribution in [2.24, 2.45) is 5.11 Å². The maximum absolute atomic E-state index is 9.81. The fraction of sp³-hybridized carbons (Fsp3) is 0.308. The molecule has 0 aliphatic carbocycles. The number of aliphatic hydroxyl groups is 1. The molecule has 7 nitrogen and oxygen atoms in total. The minimum absolute atomic E-state index is 0.201. The van der Waals surface area contributed by atoms with Crippen LogP contribution in [0.25, 0.3) is 10.4 Å². The van der Waals surface area contributed by atoms with Gasteiger partial charge in [-0.2, -0.15) is 0 Å². The molecule has 0 amide bonds. The minimum atomic E-state index is -0.475. The van der Waals surface area contributed by atoms with Crippen molar-refractivity contribution < 1.29 is 9.84 Å². The average molecular weight is 508 g/mol. The lowest BCUT2D eigenvalue weighted by Gasteiger charge is -2.07. The summed E-state index contributed by atoms with van der Waals surface area (Å²) in [7, 11) is 0. The van der Waals surface area contributed by atoms with Crippen LogP contribution < -0.4 is 0 Å². The highest BCUT2D eigenvalue weighted by molar-refractivity contribution is 7.09. The van der Waals surface area contributed by atoms with E-state index in [1.54, 1.807) is 12.4 Å². The van der Waals surface area contributed by atoms with E-state index in [4.69, 9.17) is 10.3 Å². The summed E-state index contributed by atoms with van der Waals surface area (Å²) in [6.07, 6.45) is 6.85. The number of hydrogen-bond donors (Lipinski definition) is 1. The molecule has 5 rings (SSSR count). The van der Waals surface area contributed by atoms with Crippen molar-refractivity contribution in [1.29, 1.82) is 0 Å². The van der Waals surface area contributed by atoms with Gasteiger partial charge in [-0.25, -0.2) is 9.97 Å². The van der Waals surface area contributed by atoms with Crippen LogP contribution in [0.5, 0.6) is 0 Å². The van der Waals surface area contributed by atoms with Gasteiger partial charge in [0.25, 0.3) is 0 Å². The van der Waals surface area contributed by atoms with Crippen molar-refractivity contribution in [2.75, 3.05) is 13.2 Å². The van der Waals surface area contributed by atoms with E-state index in [9.17, 15) is 5.11 Å². The number of nitrogens with zero attached hydrogens (tertiary/aromatic N) is 5. The summed E-state index contributed by atoms with van der Waals surface area (Å²) in [6, 6.07) is 19.7. The summed E-state index contributed by atoms with van der Waals surface area (Å²) in [6.45, 7) is 2.00. The number of rotatable bonds is 7. The van der Waals surface area contributed by atoms with Gasteiger partial charge in [0.2, 0.25) is 0 Å². The van der Waals surface area contributed by atoms with Gasteiger partial charge in [0.15, 0.2) is 0 Å². The van der Waals surface area contributed by atoms with Crippen molar-refractivity contribution in [2.45, 2.75) is 37.8 Å². The Hall–Kier alpha value is -3.07. The second-order valence-corrected chi connectivity index (χ2v) is 9.53. The van der Waals surface area contributed by atoms with E-state index in [0.717, 1.165) is 34.4 Å². The molecule has 2 atom stereocenters. The highest BCUT2D eigenvalue weighted by Crippen LogP contribution is 2.24. The van der Waals surface area contributed by atoms with Crippen LogP contribution >= 0.6 is 22.7 Å². The van der Waals surface area contributed by atoms with E-state index >= 15 is 0 Å². The fourth-order valence-electron chi connectivity index (χ4n) is 3.31. The third-order valence-corrected chi connectivity index (χ3v) is 6.79. The van der Waals surface area contributed by atoms with Gasteiger partial charge in [-0.1, -0.05) is 65.8 Å². The molecular formula is C26H29N5O2S2.